The Kier molecular flexibility index (Phi) is 7.58. The topological polar surface area (TPSA) is 57.7 Å². The molecule has 1 aliphatic heterocycles. The third-order valence-electron chi connectivity index (χ3n) is 4.75. The van der Waals surface area contributed by atoms with E-state index < -0.39 is 0 Å². The number of nitrogens with one attached hydrogen (secondary N) is 1. The van der Waals surface area contributed by atoms with Crippen LogP contribution in [0, 0.1) is 0 Å². The van der Waals surface area contributed by atoms with Gasteiger partial charge in [-0.25, -0.2) is 0 Å². The van der Waals surface area contributed by atoms with Gasteiger partial charge in [-0.1, -0.05) is 42.5 Å². The van der Waals surface area contributed by atoms with E-state index in [1.807, 2.05) is 35.2 Å². The van der Waals surface area contributed by atoms with Crippen molar-refractivity contribution in [2.24, 2.45) is 0 Å². The van der Waals surface area contributed by atoms with Gasteiger partial charge in [0.05, 0.1) is 6.61 Å². The molecular weight excluding hydrogens is 352 g/mol. The van der Waals surface area contributed by atoms with Gasteiger partial charge in [0.25, 0.3) is 5.91 Å². The lowest BCUT2D eigenvalue weighted by Crippen LogP contribution is -2.48. The van der Waals surface area contributed by atoms with E-state index in [9.17, 15) is 4.79 Å². The largest absolute Gasteiger partial charge is 0.383 e. The van der Waals surface area contributed by atoms with Crippen molar-refractivity contribution in [3.8, 4) is 0 Å². The summed E-state index contributed by atoms with van der Waals surface area (Å²) in [4.78, 5) is 21.3. The predicted octanol–water partition coefficient (Wildman–Crippen LogP) is 2.61. The second-order valence-electron chi connectivity index (χ2n) is 6.76. The van der Waals surface area contributed by atoms with Crippen molar-refractivity contribution in [3.63, 3.8) is 0 Å². The van der Waals surface area contributed by atoms with Crippen LogP contribution in [0.2, 0.25) is 0 Å². The minimum atomic E-state index is -0.00475. The third-order valence-corrected chi connectivity index (χ3v) is 4.75. The van der Waals surface area contributed by atoms with Gasteiger partial charge in [0.2, 0.25) is 0 Å². The fraction of sp³-hybridized carbons (Fsp3) is 0.364. The zero-order chi connectivity index (χ0) is 19.6. The Bertz CT molecular complexity index is 771. The maximum Gasteiger partial charge on any atom is 0.272 e. The first-order valence-electron chi connectivity index (χ1n) is 9.68. The number of amides is 1. The summed E-state index contributed by atoms with van der Waals surface area (Å²) in [5, 5.41) is 3.24. The molecule has 0 atom stereocenters. The first-order chi connectivity index (χ1) is 13.8. The summed E-state index contributed by atoms with van der Waals surface area (Å²) < 4.78 is 5.04. The number of pyridine rings is 1. The predicted molar refractivity (Wildman–Crippen MR) is 112 cm³/mol. The Morgan fingerprint density at radius 2 is 1.96 bits per heavy atom. The van der Waals surface area contributed by atoms with Crippen LogP contribution < -0.4 is 5.32 Å². The minimum Gasteiger partial charge on any atom is -0.383 e. The molecule has 1 fully saturated rings. The highest BCUT2D eigenvalue weighted by atomic mass is 16.5. The summed E-state index contributed by atoms with van der Waals surface area (Å²) in [7, 11) is 1.67. The molecule has 2 aromatic rings. The molecule has 6 heteroatoms. The second kappa shape index (κ2) is 10.6. The van der Waals surface area contributed by atoms with Crippen LogP contribution in [0.4, 0.5) is 5.69 Å². The number of anilines is 1. The van der Waals surface area contributed by atoms with Crippen molar-refractivity contribution in [1.82, 2.24) is 14.8 Å². The van der Waals surface area contributed by atoms with E-state index in [0.717, 1.165) is 38.4 Å². The van der Waals surface area contributed by atoms with Crippen LogP contribution in [0.5, 0.6) is 0 Å². The van der Waals surface area contributed by atoms with E-state index in [1.54, 1.807) is 13.3 Å². The standard InChI is InChI=1S/C22H28N4O2/c1-28-17-11-23-20-9-10-24-21(18-20)22(27)26-15-13-25(14-16-26)12-5-8-19-6-3-2-4-7-19/h2-10,18H,11-17H2,1H3,(H,23,24)/b8-5+. The SMILES string of the molecule is COCCNc1ccnc(C(=O)N2CCN(C/C=C/c3ccccc3)CC2)c1. The maximum absolute atomic E-state index is 12.8. The van der Waals surface area contributed by atoms with Gasteiger partial charge in [0.15, 0.2) is 0 Å². The molecule has 1 amide bonds. The van der Waals surface area contributed by atoms with Crippen molar-refractivity contribution < 1.29 is 9.53 Å². The van der Waals surface area contributed by atoms with Gasteiger partial charge in [-0.3, -0.25) is 14.7 Å². The van der Waals surface area contributed by atoms with Crippen LogP contribution in [-0.4, -0.2) is 73.7 Å². The van der Waals surface area contributed by atoms with Crippen molar-refractivity contribution in [2.75, 3.05) is 58.3 Å². The molecule has 2 heterocycles. The number of nitrogens with zero attached hydrogens (tertiary/aromatic N) is 3. The number of rotatable bonds is 8. The molecule has 0 radical (unpaired) electrons. The van der Waals surface area contributed by atoms with Crippen LogP contribution >= 0.6 is 0 Å². The monoisotopic (exact) mass is 380 g/mol. The summed E-state index contributed by atoms with van der Waals surface area (Å²) >= 11 is 0. The lowest BCUT2D eigenvalue weighted by atomic mass is 10.2. The maximum atomic E-state index is 12.8. The quantitative estimate of drug-likeness (QED) is 0.714. The molecule has 0 unspecified atom stereocenters. The first kappa shape index (κ1) is 20.0. The van der Waals surface area contributed by atoms with E-state index in [2.05, 4.69) is 39.5 Å². The fourth-order valence-electron chi connectivity index (χ4n) is 3.15. The lowest BCUT2D eigenvalue weighted by molar-refractivity contribution is 0.0644. The van der Waals surface area contributed by atoms with Gasteiger partial charge in [-0.2, -0.15) is 0 Å². The summed E-state index contributed by atoms with van der Waals surface area (Å²) in [6.45, 7) is 5.40. The van der Waals surface area contributed by atoms with Gasteiger partial charge in [0.1, 0.15) is 5.69 Å². The van der Waals surface area contributed by atoms with E-state index >= 15 is 0 Å². The third kappa shape index (κ3) is 5.90. The highest BCUT2D eigenvalue weighted by Crippen LogP contribution is 2.12. The van der Waals surface area contributed by atoms with Gasteiger partial charge in [-0.05, 0) is 17.7 Å². The van der Waals surface area contributed by atoms with Crippen LogP contribution in [0.3, 0.4) is 0 Å². The van der Waals surface area contributed by atoms with Crippen LogP contribution in [0.15, 0.2) is 54.7 Å². The number of hydrogen-bond acceptors (Lipinski definition) is 5. The van der Waals surface area contributed by atoms with E-state index in [0.29, 0.717) is 18.8 Å². The molecule has 1 saturated heterocycles. The van der Waals surface area contributed by atoms with Crippen molar-refractivity contribution in [2.45, 2.75) is 0 Å². The molecule has 0 saturated carbocycles. The summed E-state index contributed by atoms with van der Waals surface area (Å²) in [5.74, 6) is -0.00475. The molecule has 0 bridgehead atoms. The molecule has 1 aromatic heterocycles. The highest BCUT2D eigenvalue weighted by Gasteiger charge is 2.22. The molecule has 3 rings (SSSR count). The number of ether oxygens (including phenoxy) is 1. The van der Waals surface area contributed by atoms with E-state index in [-0.39, 0.29) is 5.91 Å². The van der Waals surface area contributed by atoms with Gasteiger partial charge >= 0.3 is 0 Å². The Balaban J connectivity index is 1.47. The summed E-state index contributed by atoms with van der Waals surface area (Å²) in [6.07, 6.45) is 6.00. The summed E-state index contributed by atoms with van der Waals surface area (Å²) in [5.41, 5.74) is 2.58. The molecule has 148 valence electrons. The molecule has 0 aliphatic carbocycles. The smallest absolute Gasteiger partial charge is 0.272 e. The van der Waals surface area contributed by atoms with Gasteiger partial charge in [-0.15, -0.1) is 0 Å². The number of piperazine rings is 1. The van der Waals surface area contributed by atoms with Gasteiger partial charge in [0, 0.05) is 58.3 Å². The van der Waals surface area contributed by atoms with Crippen LogP contribution in [-0.2, 0) is 4.74 Å². The molecule has 6 nitrogen and oxygen atoms in total. The Labute approximate surface area is 166 Å². The Morgan fingerprint density at radius 1 is 1.18 bits per heavy atom. The van der Waals surface area contributed by atoms with Crippen LogP contribution in [0.1, 0.15) is 16.1 Å². The average Bonchev–Trinajstić information content (AvgIpc) is 2.75. The lowest BCUT2D eigenvalue weighted by Gasteiger charge is -2.34. The number of aromatic nitrogens is 1. The number of methoxy groups -OCH3 is 1. The Morgan fingerprint density at radius 3 is 2.71 bits per heavy atom. The Hall–Kier alpha value is -2.70. The zero-order valence-electron chi connectivity index (χ0n) is 16.4. The van der Waals surface area contributed by atoms with Crippen molar-refractivity contribution in [1.29, 1.82) is 0 Å². The van der Waals surface area contributed by atoms with Crippen molar-refractivity contribution >= 4 is 17.7 Å². The number of carbonyl (C=O) groups excluding carboxylic acids is 1. The van der Waals surface area contributed by atoms with Crippen molar-refractivity contribution in [3.05, 3.63) is 66.0 Å². The minimum absolute atomic E-state index is 0.00475. The first-order valence-corrected chi connectivity index (χ1v) is 9.68. The highest BCUT2D eigenvalue weighted by molar-refractivity contribution is 5.93. The molecule has 1 aliphatic rings. The molecule has 0 spiro atoms. The van der Waals surface area contributed by atoms with Gasteiger partial charge < -0.3 is 15.0 Å². The average molecular weight is 380 g/mol. The van der Waals surface area contributed by atoms with Crippen LogP contribution in [0.25, 0.3) is 6.08 Å². The van der Waals surface area contributed by atoms with E-state index in [4.69, 9.17) is 4.74 Å². The molecule has 1 aromatic carbocycles. The molecule has 1 N–H and O–H groups in total. The number of benzene rings is 1. The zero-order valence-corrected chi connectivity index (χ0v) is 16.4. The summed E-state index contributed by atoms with van der Waals surface area (Å²) in [6, 6.07) is 14.0. The molecule has 28 heavy (non-hydrogen) atoms. The molecular formula is C22H28N4O2. The number of carbonyl (C=O) groups is 1. The second-order valence-corrected chi connectivity index (χ2v) is 6.76. The fourth-order valence-corrected chi connectivity index (χ4v) is 3.15. The van der Waals surface area contributed by atoms with E-state index in [1.165, 1.54) is 5.56 Å². The number of hydrogen-bond donors (Lipinski definition) is 1. The normalized spacial score (nSPS) is 15.1.